The number of carboxylic acids is 1. The Morgan fingerprint density at radius 1 is 1.18 bits per heavy atom. The number of hydrogen-bond acceptors (Lipinski definition) is 5. The molecule has 1 atom stereocenters. The first-order chi connectivity index (χ1) is 18.9. The average molecular weight is 600 g/mol. The van der Waals surface area contributed by atoms with Crippen molar-refractivity contribution in [2.75, 3.05) is 10.8 Å². The lowest BCUT2D eigenvalue weighted by Gasteiger charge is -2.36. The van der Waals surface area contributed by atoms with Crippen molar-refractivity contribution in [2.24, 2.45) is 0 Å². The van der Waals surface area contributed by atoms with Gasteiger partial charge in [-0.05, 0) is 60.9 Å². The Morgan fingerprint density at radius 2 is 1.90 bits per heavy atom. The van der Waals surface area contributed by atoms with Crippen LogP contribution in [0.2, 0.25) is 5.02 Å². The molecule has 1 aliphatic heterocycles. The molecule has 0 bridgehead atoms. The number of anilines is 1. The van der Waals surface area contributed by atoms with E-state index in [1.165, 1.54) is 36.4 Å². The van der Waals surface area contributed by atoms with Crippen molar-refractivity contribution in [3.05, 3.63) is 82.4 Å². The van der Waals surface area contributed by atoms with Crippen molar-refractivity contribution in [2.45, 2.75) is 37.4 Å². The number of sulfonamides is 1. The van der Waals surface area contributed by atoms with Gasteiger partial charge < -0.3 is 14.6 Å². The first-order valence-electron chi connectivity index (χ1n) is 11.8. The van der Waals surface area contributed by atoms with Gasteiger partial charge in [-0.25, -0.2) is 17.2 Å². The number of fused-ring (bicyclic) bond motifs is 1. The predicted octanol–water partition coefficient (Wildman–Crippen LogP) is 6.60. The second-order valence-corrected chi connectivity index (χ2v) is 11.1. The number of alkyl halides is 2. The number of benzene rings is 3. The molecule has 1 aliphatic rings. The molecule has 212 valence electrons. The van der Waals surface area contributed by atoms with Crippen molar-refractivity contribution < 1.29 is 45.4 Å². The van der Waals surface area contributed by atoms with Gasteiger partial charge in [0.05, 0.1) is 22.2 Å². The topological polar surface area (TPSA) is 93.1 Å². The van der Waals surface area contributed by atoms with Crippen molar-refractivity contribution in [1.82, 2.24) is 0 Å². The zero-order valence-electron chi connectivity index (χ0n) is 20.8. The number of aliphatic carboxylic acids is 1. The Bertz CT molecular complexity index is 1560. The minimum absolute atomic E-state index is 0.0765. The highest BCUT2D eigenvalue weighted by Crippen LogP contribution is 2.42. The molecule has 0 amide bonds. The largest absolute Gasteiger partial charge is 0.483 e. The van der Waals surface area contributed by atoms with E-state index in [4.69, 9.17) is 21.4 Å². The molecule has 1 N–H and O–H groups in total. The Hall–Kier alpha value is -3.77. The maximum Gasteiger partial charge on any atom is 0.387 e. The van der Waals surface area contributed by atoms with E-state index in [1.54, 1.807) is 6.92 Å². The fraction of sp³-hybridized carbons (Fsp3) is 0.222. The van der Waals surface area contributed by atoms with Gasteiger partial charge in [0.25, 0.3) is 10.0 Å². The lowest BCUT2D eigenvalue weighted by molar-refractivity contribution is -0.137. The summed E-state index contributed by atoms with van der Waals surface area (Å²) in [7, 11) is -4.52. The van der Waals surface area contributed by atoms with Crippen LogP contribution in [0, 0.1) is 11.6 Å². The molecule has 3 aromatic rings. The summed E-state index contributed by atoms with van der Waals surface area (Å²) in [6, 6.07) is 10.9. The van der Waals surface area contributed by atoms with Gasteiger partial charge in [0.15, 0.2) is 11.6 Å². The quantitative estimate of drug-likeness (QED) is 0.220. The summed E-state index contributed by atoms with van der Waals surface area (Å²) in [6.45, 7) is -2.05. The Labute approximate surface area is 232 Å². The third-order valence-electron chi connectivity index (χ3n) is 6.01. The van der Waals surface area contributed by atoms with Gasteiger partial charge in [-0.15, -0.1) is 0 Å². The van der Waals surface area contributed by atoms with E-state index < -0.39 is 63.3 Å². The van der Waals surface area contributed by atoms with Gasteiger partial charge in [0, 0.05) is 18.1 Å². The van der Waals surface area contributed by atoms with Gasteiger partial charge in [-0.1, -0.05) is 29.8 Å². The van der Waals surface area contributed by atoms with Crippen molar-refractivity contribution in [3.8, 4) is 11.5 Å². The highest BCUT2D eigenvalue weighted by molar-refractivity contribution is 7.92. The number of rotatable bonds is 9. The zero-order chi connectivity index (χ0) is 29.2. The SMILES string of the molecule is CC(=Cc1cc(F)c2c(c1)N(S(=O)(=O)c1cccc(OC(F)F)c1)CC(CCC(=O)O)O2)c1c(F)cccc1Cl. The molecule has 40 heavy (non-hydrogen) atoms. The number of nitrogens with zero attached hydrogens (tertiary/aromatic N) is 1. The molecular formula is C27H22ClF4NO6S. The van der Waals surface area contributed by atoms with E-state index in [9.17, 15) is 26.4 Å². The van der Waals surface area contributed by atoms with Crippen LogP contribution >= 0.6 is 11.6 Å². The molecule has 3 aromatic carbocycles. The van der Waals surface area contributed by atoms with E-state index in [-0.39, 0.29) is 34.7 Å². The summed E-state index contributed by atoms with van der Waals surface area (Å²) in [5.41, 5.74) is 0.332. The van der Waals surface area contributed by atoms with E-state index in [0.29, 0.717) is 5.57 Å². The van der Waals surface area contributed by atoms with Gasteiger partial charge in [-0.3, -0.25) is 9.10 Å². The zero-order valence-corrected chi connectivity index (χ0v) is 22.4. The summed E-state index contributed by atoms with van der Waals surface area (Å²) in [5.74, 6) is -3.58. The summed E-state index contributed by atoms with van der Waals surface area (Å²) in [5, 5.41) is 9.19. The highest BCUT2D eigenvalue weighted by atomic mass is 35.5. The van der Waals surface area contributed by atoms with E-state index in [1.807, 2.05) is 0 Å². The number of allylic oxidation sites excluding steroid dienone is 1. The first kappa shape index (κ1) is 29.2. The number of ether oxygens (including phenoxy) is 2. The lowest BCUT2D eigenvalue weighted by Crippen LogP contribution is -2.44. The molecule has 0 saturated carbocycles. The van der Waals surface area contributed by atoms with E-state index >= 15 is 4.39 Å². The van der Waals surface area contributed by atoms with E-state index in [2.05, 4.69) is 4.74 Å². The third-order valence-corrected chi connectivity index (χ3v) is 8.10. The van der Waals surface area contributed by atoms with Crippen LogP contribution in [0.15, 0.2) is 59.5 Å². The summed E-state index contributed by atoms with van der Waals surface area (Å²) in [6.07, 6.45) is -0.141. The van der Waals surface area contributed by atoms with Crippen LogP contribution in [-0.2, 0) is 14.8 Å². The van der Waals surface area contributed by atoms with Crippen molar-refractivity contribution in [1.29, 1.82) is 0 Å². The molecule has 0 fully saturated rings. The Kier molecular flexibility index (Phi) is 8.59. The van der Waals surface area contributed by atoms with Crippen LogP contribution in [0.4, 0.5) is 23.2 Å². The maximum absolute atomic E-state index is 15.4. The van der Waals surface area contributed by atoms with Gasteiger partial charge >= 0.3 is 12.6 Å². The van der Waals surface area contributed by atoms with Crippen LogP contribution in [0.25, 0.3) is 11.6 Å². The molecular weight excluding hydrogens is 578 g/mol. The molecule has 0 radical (unpaired) electrons. The molecule has 1 unspecified atom stereocenters. The Balaban J connectivity index is 1.82. The van der Waals surface area contributed by atoms with Gasteiger partial charge in [-0.2, -0.15) is 8.78 Å². The van der Waals surface area contributed by atoms with Gasteiger partial charge in [0.1, 0.15) is 17.7 Å². The molecule has 1 heterocycles. The summed E-state index contributed by atoms with van der Waals surface area (Å²) >= 11 is 6.14. The fourth-order valence-electron chi connectivity index (χ4n) is 4.27. The second kappa shape index (κ2) is 11.8. The summed E-state index contributed by atoms with van der Waals surface area (Å²) < 4.78 is 93.6. The Morgan fingerprint density at radius 3 is 2.58 bits per heavy atom. The molecule has 4 rings (SSSR count). The number of hydrogen-bond donors (Lipinski definition) is 1. The van der Waals surface area contributed by atoms with Crippen LogP contribution in [0.1, 0.15) is 30.9 Å². The van der Waals surface area contributed by atoms with E-state index in [0.717, 1.165) is 28.6 Å². The second-order valence-electron chi connectivity index (χ2n) is 8.84. The van der Waals surface area contributed by atoms with Crippen LogP contribution in [0.3, 0.4) is 0 Å². The first-order valence-corrected chi connectivity index (χ1v) is 13.6. The monoisotopic (exact) mass is 599 g/mol. The fourth-order valence-corrected chi connectivity index (χ4v) is 6.11. The third kappa shape index (κ3) is 6.34. The smallest absolute Gasteiger partial charge is 0.387 e. The number of carbonyl (C=O) groups is 1. The number of carboxylic acid groups (broad SMARTS) is 1. The molecule has 0 aliphatic carbocycles. The highest BCUT2D eigenvalue weighted by Gasteiger charge is 2.37. The predicted molar refractivity (Wildman–Crippen MR) is 140 cm³/mol. The van der Waals surface area contributed by atoms with Crippen molar-refractivity contribution in [3.63, 3.8) is 0 Å². The summed E-state index contributed by atoms with van der Waals surface area (Å²) in [4.78, 5) is 10.7. The van der Waals surface area contributed by atoms with Crippen LogP contribution < -0.4 is 13.8 Å². The van der Waals surface area contributed by atoms with Crippen LogP contribution in [0.5, 0.6) is 11.5 Å². The van der Waals surface area contributed by atoms with Crippen LogP contribution in [-0.4, -0.2) is 38.8 Å². The molecule has 0 aromatic heterocycles. The molecule has 7 nitrogen and oxygen atoms in total. The van der Waals surface area contributed by atoms with Crippen molar-refractivity contribution >= 4 is 44.9 Å². The molecule has 0 spiro atoms. The van der Waals surface area contributed by atoms with Gasteiger partial charge in [0.2, 0.25) is 0 Å². The standard InChI is InChI=1S/C27H22ClF4NO6S/c1-15(25-20(28)6-3-7-21(25)29)10-16-11-22(30)26-23(12-16)33(14-18(38-26)8-9-24(34)35)40(36,37)19-5-2-4-17(13-19)39-27(31)32/h2-7,10-13,18,27H,8-9,14H2,1H3,(H,34,35). The minimum atomic E-state index is -4.52. The molecule has 13 heteroatoms. The molecule has 0 saturated heterocycles. The average Bonchev–Trinajstić information content (AvgIpc) is 2.87. The minimum Gasteiger partial charge on any atom is -0.483 e. The maximum atomic E-state index is 15.4. The normalized spacial score (nSPS) is 15.5. The number of halogens is 5. The lowest BCUT2D eigenvalue weighted by atomic mass is 10.0.